The first kappa shape index (κ1) is 16.7. The number of aryl methyl sites for hydroxylation is 1. The summed E-state index contributed by atoms with van der Waals surface area (Å²) in [6, 6.07) is 3.87. The fourth-order valence-corrected chi connectivity index (χ4v) is 3.51. The molecule has 1 atom stereocenters. The van der Waals surface area contributed by atoms with Gasteiger partial charge in [0.05, 0.1) is 12.1 Å². The van der Waals surface area contributed by atoms with Crippen molar-refractivity contribution < 1.29 is 9.32 Å². The van der Waals surface area contributed by atoms with Crippen LogP contribution in [0.25, 0.3) is 5.65 Å². The minimum absolute atomic E-state index is 0.0304. The van der Waals surface area contributed by atoms with Gasteiger partial charge in [0.1, 0.15) is 5.65 Å². The number of carbonyl (C=O) groups excluding carboxylic acids is 1. The molecular formula is C18H22N6O2. The van der Waals surface area contributed by atoms with Crippen LogP contribution < -0.4 is 0 Å². The summed E-state index contributed by atoms with van der Waals surface area (Å²) in [5.41, 5.74) is 1.51. The third kappa shape index (κ3) is 3.32. The van der Waals surface area contributed by atoms with Gasteiger partial charge in [0, 0.05) is 45.1 Å². The lowest BCUT2D eigenvalue weighted by Crippen LogP contribution is -2.48. The number of hydrogen-bond acceptors (Lipinski definition) is 6. The molecule has 0 spiro atoms. The van der Waals surface area contributed by atoms with Crippen molar-refractivity contribution in [2.75, 3.05) is 20.1 Å². The van der Waals surface area contributed by atoms with Crippen molar-refractivity contribution in [3.63, 3.8) is 0 Å². The van der Waals surface area contributed by atoms with E-state index in [-0.39, 0.29) is 11.9 Å². The molecule has 4 heterocycles. The van der Waals surface area contributed by atoms with Crippen molar-refractivity contribution in [3.8, 4) is 0 Å². The van der Waals surface area contributed by atoms with E-state index in [0.29, 0.717) is 23.8 Å². The molecule has 1 aliphatic heterocycles. The number of likely N-dealkylation sites (tertiary alicyclic amines) is 1. The Bertz CT molecular complexity index is 917. The summed E-state index contributed by atoms with van der Waals surface area (Å²) in [5, 5.41) is 3.97. The van der Waals surface area contributed by atoms with Gasteiger partial charge in [0.15, 0.2) is 5.82 Å². The molecule has 136 valence electrons. The van der Waals surface area contributed by atoms with Crippen LogP contribution in [0.5, 0.6) is 0 Å². The number of rotatable bonds is 4. The van der Waals surface area contributed by atoms with E-state index in [2.05, 4.69) is 20.0 Å². The standard InChI is InChI=1S/C18H22N6O2/c1-13-20-16(21-26-13)12-23-8-3-4-15(11-23)22(2)18(25)14-5-6-17-19-7-9-24(17)10-14/h5-7,9-10,15H,3-4,8,11-12H2,1-2H3. The Balaban J connectivity index is 1.44. The number of hydrogen-bond donors (Lipinski definition) is 0. The molecule has 0 aliphatic carbocycles. The molecule has 8 heteroatoms. The molecule has 0 radical (unpaired) electrons. The van der Waals surface area contributed by atoms with Crippen LogP contribution in [0.2, 0.25) is 0 Å². The maximum Gasteiger partial charge on any atom is 0.255 e. The zero-order valence-corrected chi connectivity index (χ0v) is 15.0. The highest BCUT2D eigenvalue weighted by Gasteiger charge is 2.27. The first-order valence-corrected chi connectivity index (χ1v) is 8.81. The minimum atomic E-state index is 0.0304. The molecule has 1 fully saturated rings. The van der Waals surface area contributed by atoms with E-state index < -0.39 is 0 Å². The summed E-state index contributed by atoms with van der Waals surface area (Å²) in [6.07, 6.45) is 7.45. The van der Waals surface area contributed by atoms with Crippen molar-refractivity contribution in [2.45, 2.75) is 32.4 Å². The van der Waals surface area contributed by atoms with Crippen molar-refractivity contribution in [1.82, 2.24) is 29.3 Å². The number of fused-ring (bicyclic) bond motifs is 1. The molecule has 1 amide bonds. The summed E-state index contributed by atoms with van der Waals surface area (Å²) in [7, 11) is 1.88. The lowest BCUT2D eigenvalue weighted by molar-refractivity contribution is 0.0604. The maximum absolute atomic E-state index is 12.9. The minimum Gasteiger partial charge on any atom is -0.340 e. The number of aromatic nitrogens is 4. The van der Waals surface area contributed by atoms with E-state index >= 15 is 0 Å². The molecule has 0 N–H and O–H groups in total. The summed E-state index contributed by atoms with van der Waals surface area (Å²) in [5.74, 6) is 1.31. The Hall–Kier alpha value is -2.74. The molecule has 0 saturated carbocycles. The highest BCUT2D eigenvalue weighted by atomic mass is 16.5. The number of likely N-dealkylation sites (N-methyl/N-ethyl adjacent to an activating group) is 1. The number of carbonyl (C=O) groups is 1. The monoisotopic (exact) mass is 354 g/mol. The molecule has 26 heavy (non-hydrogen) atoms. The summed E-state index contributed by atoms with van der Waals surface area (Å²) in [4.78, 5) is 25.5. The Morgan fingerprint density at radius 3 is 3.12 bits per heavy atom. The first-order valence-electron chi connectivity index (χ1n) is 8.81. The third-order valence-electron chi connectivity index (χ3n) is 4.92. The highest BCUT2D eigenvalue weighted by molar-refractivity contribution is 5.94. The van der Waals surface area contributed by atoms with Crippen LogP contribution in [0.1, 0.15) is 34.9 Å². The highest BCUT2D eigenvalue weighted by Crippen LogP contribution is 2.18. The predicted octanol–water partition coefficient (Wildman–Crippen LogP) is 1.76. The second kappa shape index (κ2) is 6.87. The van der Waals surface area contributed by atoms with Crippen LogP contribution in [-0.2, 0) is 6.54 Å². The zero-order valence-electron chi connectivity index (χ0n) is 15.0. The van der Waals surface area contributed by atoms with Gasteiger partial charge in [-0.3, -0.25) is 9.69 Å². The second-order valence-corrected chi connectivity index (χ2v) is 6.79. The number of amides is 1. The van der Waals surface area contributed by atoms with Gasteiger partial charge < -0.3 is 13.8 Å². The molecule has 0 bridgehead atoms. The molecular weight excluding hydrogens is 332 g/mol. The number of piperidine rings is 1. The van der Waals surface area contributed by atoms with Crippen LogP contribution in [0.4, 0.5) is 0 Å². The topological polar surface area (TPSA) is 79.8 Å². The van der Waals surface area contributed by atoms with Gasteiger partial charge in [-0.1, -0.05) is 5.16 Å². The Labute approximate surface area is 151 Å². The van der Waals surface area contributed by atoms with Crippen LogP contribution in [0, 0.1) is 6.92 Å². The Morgan fingerprint density at radius 1 is 1.42 bits per heavy atom. The first-order chi connectivity index (χ1) is 12.6. The number of pyridine rings is 1. The van der Waals surface area contributed by atoms with Gasteiger partial charge in [0.2, 0.25) is 5.89 Å². The SMILES string of the molecule is Cc1nc(CN2CCCC(N(C)C(=O)c3ccc4nccn4c3)C2)no1. The van der Waals surface area contributed by atoms with Crippen LogP contribution in [-0.4, -0.2) is 61.4 Å². The number of nitrogens with zero attached hydrogens (tertiary/aromatic N) is 6. The van der Waals surface area contributed by atoms with E-state index in [9.17, 15) is 4.79 Å². The largest absolute Gasteiger partial charge is 0.340 e. The smallest absolute Gasteiger partial charge is 0.255 e. The maximum atomic E-state index is 12.9. The molecule has 1 aliphatic rings. The van der Waals surface area contributed by atoms with Gasteiger partial charge in [-0.2, -0.15) is 4.98 Å². The van der Waals surface area contributed by atoms with E-state index in [1.165, 1.54) is 0 Å². The molecule has 3 aromatic heterocycles. The van der Waals surface area contributed by atoms with Crippen molar-refractivity contribution in [2.24, 2.45) is 0 Å². The van der Waals surface area contributed by atoms with E-state index in [1.54, 1.807) is 13.1 Å². The fraction of sp³-hybridized carbons (Fsp3) is 0.444. The van der Waals surface area contributed by atoms with Crippen molar-refractivity contribution >= 4 is 11.6 Å². The van der Waals surface area contributed by atoms with Gasteiger partial charge in [-0.15, -0.1) is 0 Å². The quantitative estimate of drug-likeness (QED) is 0.710. The van der Waals surface area contributed by atoms with Crippen molar-refractivity contribution in [3.05, 3.63) is 48.0 Å². The molecule has 1 unspecified atom stereocenters. The summed E-state index contributed by atoms with van der Waals surface area (Å²) >= 11 is 0. The molecule has 3 aromatic rings. The van der Waals surface area contributed by atoms with Gasteiger partial charge in [-0.05, 0) is 31.5 Å². The van der Waals surface area contributed by atoms with Crippen molar-refractivity contribution in [1.29, 1.82) is 0 Å². The number of imidazole rings is 1. The van der Waals surface area contributed by atoms with E-state index in [1.807, 2.05) is 40.9 Å². The normalized spacial score (nSPS) is 18.3. The summed E-state index contributed by atoms with van der Waals surface area (Å²) in [6.45, 7) is 4.23. The predicted molar refractivity (Wildman–Crippen MR) is 94.6 cm³/mol. The lowest BCUT2D eigenvalue weighted by atomic mass is 10.0. The molecule has 8 nitrogen and oxygen atoms in total. The average Bonchev–Trinajstić information content (AvgIpc) is 3.28. The van der Waals surface area contributed by atoms with Crippen LogP contribution in [0.3, 0.4) is 0 Å². The van der Waals surface area contributed by atoms with Crippen LogP contribution in [0.15, 0.2) is 35.2 Å². The van der Waals surface area contributed by atoms with E-state index in [0.717, 1.165) is 31.6 Å². The van der Waals surface area contributed by atoms with Gasteiger partial charge >= 0.3 is 0 Å². The van der Waals surface area contributed by atoms with Gasteiger partial charge in [0.25, 0.3) is 5.91 Å². The van der Waals surface area contributed by atoms with E-state index in [4.69, 9.17) is 4.52 Å². The Morgan fingerprint density at radius 2 is 2.31 bits per heavy atom. The molecule has 0 aromatic carbocycles. The zero-order chi connectivity index (χ0) is 18.1. The molecule has 1 saturated heterocycles. The third-order valence-corrected chi connectivity index (χ3v) is 4.92. The molecule has 4 rings (SSSR count). The Kier molecular flexibility index (Phi) is 4.42. The van der Waals surface area contributed by atoms with Crippen LogP contribution >= 0.6 is 0 Å². The second-order valence-electron chi connectivity index (χ2n) is 6.79. The van der Waals surface area contributed by atoms with Gasteiger partial charge in [-0.25, -0.2) is 4.98 Å². The fourth-order valence-electron chi connectivity index (χ4n) is 3.51. The lowest BCUT2D eigenvalue weighted by Gasteiger charge is -2.37. The summed E-state index contributed by atoms with van der Waals surface area (Å²) < 4.78 is 6.91. The average molecular weight is 354 g/mol.